The van der Waals surface area contributed by atoms with E-state index in [2.05, 4.69) is 21.8 Å². The van der Waals surface area contributed by atoms with E-state index in [1.807, 2.05) is 24.3 Å². The first-order valence-corrected chi connectivity index (χ1v) is 13.3. The zero-order valence-electron chi connectivity index (χ0n) is 19.4. The number of nitrogens with zero attached hydrogens (tertiary/aromatic N) is 3. The first-order valence-electron chi connectivity index (χ1n) is 10.9. The Labute approximate surface area is 199 Å². The van der Waals surface area contributed by atoms with Crippen LogP contribution in [0.15, 0.2) is 52.5 Å². The lowest BCUT2D eigenvalue weighted by molar-refractivity contribution is -0.113. The second kappa shape index (κ2) is 11.0. The Morgan fingerprint density at radius 1 is 1.15 bits per heavy atom. The standard InChI is InChI=1S/C23H30N4O4S2/c1-5-14-27-20-11-9-8-10-18(20)25-23(27)32-16-22(28)24-19-15-17(12-13-21(19)31-4)33(29,30)26(6-2)7-3/h8-13,15H,5-7,14,16H2,1-4H3,(H,24,28). The molecule has 10 heteroatoms. The highest BCUT2D eigenvalue weighted by Crippen LogP contribution is 2.30. The summed E-state index contributed by atoms with van der Waals surface area (Å²) in [6.45, 7) is 7.21. The van der Waals surface area contributed by atoms with Gasteiger partial charge in [0, 0.05) is 19.6 Å². The fourth-order valence-electron chi connectivity index (χ4n) is 3.58. The lowest BCUT2D eigenvalue weighted by atomic mass is 10.3. The van der Waals surface area contributed by atoms with E-state index in [4.69, 9.17) is 4.74 Å². The molecule has 0 atom stereocenters. The van der Waals surface area contributed by atoms with Gasteiger partial charge in [0.1, 0.15) is 5.75 Å². The molecule has 0 spiro atoms. The molecular weight excluding hydrogens is 460 g/mol. The molecule has 8 nitrogen and oxygen atoms in total. The van der Waals surface area contributed by atoms with Crippen LogP contribution in [0.3, 0.4) is 0 Å². The third-order valence-electron chi connectivity index (χ3n) is 5.19. The number of benzene rings is 2. The molecule has 3 rings (SSSR count). The molecule has 1 N–H and O–H groups in total. The Morgan fingerprint density at radius 2 is 1.88 bits per heavy atom. The van der Waals surface area contributed by atoms with Crippen LogP contribution in [0.25, 0.3) is 11.0 Å². The van der Waals surface area contributed by atoms with E-state index >= 15 is 0 Å². The van der Waals surface area contributed by atoms with E-state index in [0.29, 0.717) is 24.5 Å². The molecule has 0 saturated carbocycles. The van der Waals surface area contributed by atoms with Gasteiger partial charge in [0.15, 0.2) is 5.16 Å². The molecule has 0 unspecified atom stereocenters. The van der Waals surface area contributed by atoms with Crippen LogP contribution in [0, 0.1) is 0 Å². The molecule has 3 aromatic rings. The van der Waals surface area contributed by atoms with Crippen LogP contribution in [0.5, 0.6) is 5.75 Å². The van der Waals surface area contributed by atoms with Gasteiger partial charge in [0.25, 0.3) is 0 Å². The highest BCUT2D eigenvalue weighted by atomic mass is 32.2. The Hall–Kier alpha value is -2.56. The van der Waals surface area contributed by atoms with Gasteiger partial charge in [-0.05, 0) is 36.8 Å². The van der Waals surface area contributed by atoms with Crippen molar-refractivity contribution in [2.24, 2.45) is 0 Å². The van der Waals surface area contributed by atoms with Crippen LogP contribution >= 0.6 is 11.8 Å². The van der Waals surface area contributed by atoms with Crippen molar-refractivity contribution in [2.45, 2.75) is 43.8 Å². The summed E-state index contributed by atoms with van der Waals surface area (Å²) in [5, 5.41) is 3.58. The van der Waals surface area contributed by atoms with Gasteiger partial charge in [0.05, 0.1) is 34.5 Å². The molecule has 0 radical (unpaired) electrons. The van der Waals surface area contributed by atoms with Gasteiger partial charge in [-0.3, -0.25) is 4.79 Å². The topological polar surface area (TPSA) is 93.5 Å². The number of sulfonamides is 1. The van der Waals surface area contributed by atoms with Crippen molar-refractivity contribution in [2.75, 3.05) is 31.3 Å². The predicted molar refractivity (Wildman–Crippen MR) is 132 cm³/mol. The summed E-state index contributed by atoms with van der Waals surface area (Å²) in [6, 6.07) is 12.4. The van der Waals surface area contributed by atoms with Crippen molar-refractivity contribution in [3.8, 4) is 5.75 Å². The van der Waals surface area contributed by atoms with Crippen LogP contribution in [0.4, 0.5) is 5.69 Å². The second-order valence-electron chi connectivity index (χ2n) is 7.32. The predicted octanol–water partition coefficient (Wildman–Crippen LogP) is 4.22. The van der Waals surface area contributed by atoms with Gasteiger partial charge in [-0.2, -0.15) is 4.31 Å². The van der Waals surface area contributed by atoms with Crippen molar-refractivity contribution in [3.05, 3.63) is 42.5 Å². The fraction of sp³-hybridized carbons (Fsp3) is 0.391. The quantitative estimate of drug-likeness (QED) is 0.405. The van der Waals surface area contributed by atoms with Crippen molar-refractivity contribution >= 4 is 44.4 Å². The van der Waals surface area contributed by atoms with Crippen molar-refractivity contribution in [3.63, 3.8) is 0 Å². The Kier molecular flexibility index (Phi) is 8.39. The Bertz CT molecular complexity index is 1220. The molecule has 2 aromatic carbocycles. The molecular formula is C23H30N4O4S2. The van der Waals surface area contributed by atoms with Crippen molar-refractivity contribution < 1.29 is 17.9 Å². The number of ether oxygens (including phenoxy) is 1. The maximum absolute atomic E-state index is 12.9. The number of rotatable bonds is 11. The monoisotopic (exact) mass is 490 g/mol. The first-order chi connectivity index (χ1) is 15.8. The maximum atomic E-state index is 12.9. The third kappa shape index (κ3) is 5.51. The lowest BCUT2D eigenvalue weighted by Crippen LogP contribution is -2.30. The normalized spacial score (nSPS) is 11.8. The largest absolute Gasteiger partial charge is 0.495 e. The minimum absolute atomic E-state index is 0.111. The number of hydrogen-bond donors (Lipinski definition) is 1. The third-order valence-corrected chi connectivity index (χ3v) is 8.21. The van der Waals surface area contributed by atoms with Gasteiger partial charge < -0.3 is 14.6 Å². The van der Waals surface area contributed by atoms with Crippen LogP contribution in [0.1, 0.15) is 27.2 Å². The van der Waals surface area contributed by atoms with E-state index in [-0.39, 0.29) is 16.6 Å². The van der Waals surface area contributed by atoms with Gasteiger partial charge in [0.2, 0.25) is 15.9 Å². The molecule has 1 aromatic heterocycles. The molecule has 0 saturated heterocycles. The average molecular weight is 491 g/mol. The lowest BCUT2D eigenvalue weighted by Gasteiger charge is -2.19. The van der Waals surface area contributed by atoms with E-state index in [1.54, 1.807) is 19.9 Å². The average Bonchev–Trinajstić information content (AvgIpc) is 3.16. The summed E-state index contributed by atoms with van der Waals surface area (Å²) < 4.78 is 34.6. The second-order valence-corrected chi connectivity index (χ2v) is 10.2. The Balaban J connectivity index is 1.79. The minimum atomic E-state index is -3.66. The summed E-state index contributed by atoms with van der Waals surface area (Å²) in [4.78, 5) is 17.5. The van der Waals surface area contributed by atoms with Crippen LogP contribution in [-0.2, 0) is 21.4 Å². The highest BCUT2D eigenvalue weighted by Gasteiger charge is 2.23. The molecule has 0 fully saturated rings. The molecule has 0 aliphatic rings. The Morgan fingerprint density at radius 3 is 2.55 bits per heavy atom. The zero-order chi connectivity index (χ0) is 24.0. The number of nitrogens with one attached hydrogen (secondary N) is 1. The van der Waals surface area contributed by atoms with E-state index in [9.17, 15) is 13.2 Å². The number of anilines is 1. The number of imidazole rings is 1. The number of carbonyl (C=O) groups excluding carboxylic acids is 1. The van der Waals surface area contributed by atoms with E-state index in [0.717, 1.165) is 29.2 Å². The van der Waals surface area contributed by atoms with Gasteiger partial charge in [-0.25, -0.2) is 13.4 Å². The van der Waals surface area contributed by atoms with Gasteiger partial charge in [-0.1, -0.05) is 44.7 Å². The van der Waals surface area contributed by atoms with Gasteiger partial charge in [-0.15, -0.1) is 0 Å². The molecule has 0 aliphatic heterocycles. The molecule has 0 bridgehead atoms. The molecule has 178 valence electrons. The molecule has 1 heterocycles. The number of thioether (sulfide) groups is 1. The van der Waals surface area contributed by atoms with E-state index in [1.165, 1.54) is 35.3 Å². The number of fused-ring (bicyclic) bond motifs is 1. The number of para-hydroxylation sites is 2. The zero-order valence-corrected chi connectivity index (χ0v) is 21.0. The smallest absolute Gasteiger partial charge is 0.243 e. The number of aromatic nitrogens is 2. The summed E-state index contributed by atoms with van der Waals surface area (Å²) >= 11 is 1.35. The first kappa shape index (κ1) is 25.1. The van der Waals surface area contributed by atoms with E-state index < -0.39 is 10.0 Å². The number of amides is 1. The number of methoxy groups -OCH3 is 1. The summed E-state index contributed by atoms with van der Waals surface area (Å²) in [7, 11) is -2.18. The fourth-order valence-corrected chi connectivity index (χ4v) is 5.90. The highest BCUT2D eigenvalue weighted by molar-refractivity contribution is 7.99. The summed E-state index contributed by atoms with van der Waals surface area (Å²) in [5.74, 6) is 0.249. The van der Waals surface area contributed by atoms with Crippen LogP contribution in [-0.4, -0.2) is 54.1 Å². The number of aryl methyl sites for hydroxylation is 1. The van der Waals surface area contributed by atoms with Gasteiger partial charge >= 0.3 is 0 Å². The number of carbonyl (C=O) groups is 1. The summed E-state index contributed by atoms with van der Waals surface area (Å²) in [5.41, 5.74) is 2.25. The van der Waals surface area contributed by atoms with Crippen LogP contribution < -0.4 is 10.1 Å². The molecule has 33 heavy (non-hydrogen) atoms. The number of hydrogen-bond acceptors (Lipinski definition) is 6. The minimum Gasteiger partial charge on any atom is -0.495 e. The maximum Gasteiger partial charge on any atom is 0.243 e. The SMILES string of the molecule is CCCn1c(SCC(=O)Nc2cc(S(=O)(=O)N(CC)CC)ccc2OC)nc2ccccc21. The molecule has 0 aliphatic carbocycles. The molecule has 1 amide bonds. The summed E-state index contributed by atoms with van der Waals surface area (Å²) in [6.07, 6.45) is 0.950. The van der Waals surface area contributed by atoms with Crippen molar-refractivity contribution in [1.82, 2.24) is 13.9 Å². The van der Waals surface area contributed by atoms with Crippen LogP contribution in [0.2, 0.25) is 0 Å². The van der Waals surface area contributed by atoms with Crippen molar-refractivity contribution in [1.29, 1.82) is 0 Å².